The minimum Gasteiger partial charge on any atom is -0.493 e. The van der Waals surface area contributed by atoms with E-state index in [1.807, 2.05) is 48.5 Å². The fourth-order valence-corrected chi connectivity index (χ4v) is 3.88. The SMILES string of the molecule is N=C(N)c1ccc2c(c1)C(CCNC(=O)Cc1ccccc1-c1ccccc1)CO2. The molecule has 1 amide bonds. The normalized spacial score (nSPS) is 14.6. The van der Waals surface area contributed by atoms with Crippen molar-refractivity contribution in [3.63, 3.8) is 0 Å². The first-order chi connectivity index (χ1) is 14.6. The van der Waals surface area contributed by atoms with Crippen molar-refractivity contribution in [1.29, 1.82) is 5.41 Å². The lowest BCUT2D eigenvalue weighted by molar-refractivity contribution is -0.120. The Bertz CT molecular complexity index is 1060. The highest BCUT2D eigenvalue weighted by Gasteiger charge is 2.24. The lowest BCUT2D eigenvalue weighted by atomic mass is 9.95. The zero-order chi connectivity index (χ0) is 20.9. The monoisotopic (exact) mass is 399 g/mol. The molecule has 5 nitrogen and oxygen atoms in total. The molecule has 0 fully saturated rings. The van der Waals surface area contributed by atoms with E-state index in [2.05, 4.69) is 23.5 Å². The molecule has 152 valence electrons. The van der Waals surface area contributed by atoms with E-state index in [1.165, 1.54) is 0 Å². The maximum atomic E-state index is 12.6. The van der Waals surface area contributed by atoms with Gasteiger partial charge < -0.3 is 15.8 Å². The van der Waals surface area contributed by atoms with Gasteiger partial charge in [0.1, 0.15) is 11.6 Å². The Morgan fingerprint density at radius 2 is 1.83 bits per heavy atom. The molecule has 0 saturated heterocycles. The molecule has 30 heavy (non-hydrogen) atoms. The third-order valence-corrected chi connectivity index (χ3v) is 5.47. The van der Waals surface area contributed by atoms with Gasteiger partial charge in [0, 0.05) is 23.6 Å². The Hall–Kier alpha value is -3.60. The van der Waals surface area contributed by atoms with Gasteiger partial charge in [-0.1, -0.05) is 54.6 Å². The molecule has 1 heterocycles. The first kappa shape index (κ1) is 19.7. The van der Waals surface area contributed by atoms with Crippen molar-refractivity contribution >= 4 is 11.7 Å². The van der Waals surface area contributed by atoms with Crippen molar-refractivity contribution in [2.45, 2.75) is 18.8 Å². The number of rotatable bonds is 7. The minimum atomic E-state index is 0.00927. The van der Waals surface area contributed by atoms with E-state index in [0.29, 0.717) is 25.1 Å². The number of hydrogen-bond acceptors (Lipinski definition) is 3. The fraction of sp³-hybridized carbons (Fsp3) is 0.200. The highest BCUT2D eigenvalue weighted by Crippen LogP contribution is 2.36. The van der Waals surface area contributed by atoms with E-state index < -0.39 is 0 Å². The molecule has 3 aromatic rings. The first-order valence-electron chi connectivity index (χ1n) is 10.1. The van der Waals surface area contributed by atoms with Gasteiger partial charge in [-0.15, -0.1) is 0 Å². The second kappa shape index (κ2) is 8.82. The van der Waals surface area contributed by atoms with Crippen LogP contribution in [0.4, 0.5) is 0 Å². The lowest BCUT2D eigenvalue weighted by Gasteiger charge is -2.12. The van der Waals surface area contributed by atoms with Crippen LogP contribution in [0.3, 0.4) is 0 Å². The topological polar surface area (TPSA) is 88.2 Å². The van der Waals surface area contributed by atoms with Crippen LogP contribution in [0.2, 0.25) is 0 Å². The van der Waals surface area contributed by atoms with E-state index in [9.17, 15) is 4.79 Å². The summed E-state index contributed by atoms with van der Waals surface area (Å²) < 4.78 is 5.74. The number of ether oxygens (including phenoxy) is 1. The van der Waals surface area contributed by atoms with E-state index in [-0.39, 0.29) is 17.7 Å². The summed E-state index contributed by atoms with van der Waals surface area (Å²) in [5.74, 6) is 1.09. The van der Waals surface area contributed by atoms with Crippen LogP contribution in [0.1, 0.15) is 29.0 Å². The standard InChI is InChI=1S/C25H25N3O2/c26-25(27)19-10-11-23-22(14-19)20(16-30-23)12-13-28-24(29)15-18-8-4-5-9-21(18)17-6-2-1-3-7-17/h1-11,14,20H,12-13,15-16H2,(H3,26,27)(H,28,29). The van der Waals surface area contributed by atoms with Crippen LogP contribution < -0.4 is 15.8 Å². The number of nitrogens with one attached hydrogen (secondary N) is 2. The van der Waals surface area contributed by atoms with Crippen LogP contribution in [0.15, 0.2) is 72.8 Å². The van der Waals surface area contributed by atoms with Gasteiger partial charge in [0.2, 0.25) is 5.91 Å². The maximum Gasteiger partial charge on any atom is 0.224 e. The molecule has 0 spiro atoms. The van der Waals surface area contributed by atoms with Crippen molar-refractivity contribution in [1.82, 2.24) is 5.32 Å². The number of carbonyl (C=O) groups is 1. The molecular formula is C25H25N3O2. The number of carbonyl (C=O) groups excluding carboxylic acids is 1. The molecule has 1 aliphatic rings. The fourth-order valence-electron chi connectivity index (χ4n) is 3.88. The lowest BCUT2D eigenvalue weighted by Crippen LogP contribution is -2.27. The second-order valence-corrected chi connectivity index (χ2v) is 7.51. The minimum absolute atomic E-state index is 0.00927. The molecule has 0 saturated carbocycles. The number of fused-ring (bicyclic) bond motifs is 1. The van der Waals surface area contributed by atoms with Gasteiger partial charge in [-0.25, -0.2) is 0 Å². The molecule has 0 aliphatic carbocycles. The summed E-state index contributed by atoms with van der Waals surface area (Å²) in [4.78, 5) is 12.6. The van der Waals surface area contributed by atoms with Gasteiger partial charge in [-0.05, 0) is 41.3 Å². The van der Waals surface area contributed by atoms with Crippen molar-refractivity contribution in [3.8, 4) is 16.9 Å². The number of benzene rings is 3. The third kappa shape index (κ3) is 4.35. The molecule has 3 aromatic carbocycles. The van der Waals surface area contributed by atoms with Crippen LogP contribution in [-0.4, -0.2) is 24.9 Å². The smallest absolute Gasteiger partial charge is 0.224 e. The molecule has 1 atom stereocenters. The average molecular weight is 399 g/mol. The number of amides is 1. The van der Waals surface area contributed by atoms with Gasteiger partial charge >= 0.3 is 0 Å². The molecule has 0 radical (unpaired) electrons. The zero-order valence-electron chi connectivity index (χ0n) is 16.7. The van der Waals surface area contributed by atoms with Crippen molar-refractivity contribution < 1.29 is 9.53 Å². The van der Waals surface area contributed by atoms with Crippen molar-refractivity contribution in [3.05, 3.63) is 89.5 Å². The number of nitrogens with two attached hydrogens (primary N) is 1. The van der Waals surface area contributed by atoms with Gasteiger partial charge in [-0.2, -0.15) is 0 Å². The van der Waals surface area contributed by atoms with E-state index in [0.717, 1.165) is 34.4 Å². The largest absolute Gasteiger partial charge is 0.493 e. The Morgan fingerprint density at radius 1 is 1.07 bits per heavy atom. The Labute approximate surface area is 176 Å². The quantitative estimate of drug-likeness (QED) is 0.416. The van der Waals surface area contributed by atoms with E-state index >= 15 is 0 Å². The summed E-state index contributed by atoms with van der Waals surface area (Å²) in [6.45, 7) is 1.16. The highest BCUT2D eigenvalue weighted by molar-refractivity contribution is 5.95. The molecule has 4 rings (SSSR count). The van der Waals surface area contributed by atoms with E-state index in [1.54, 1.807) is 6.07 Å². The van der Waals surface area contributed by atoms with Gasteiger partial charge in [0.25, 0.3) is 0 Å². The number of hydrogen-bond donors (Lipinski definition) is 3. The van der Waals surface area contributed by atoms with Gasteiger partial charge in [-0.3, -0.25) is 10.2 Å². The molecule has 4 N–H and O–H groups in total. The summed E-state index contributed by atoms with van der Waals surface area (Å²) in [7, 11) is 0. The van der Waals surface area contributed by atoms with Crippen molar-refractivity contribution in [2.75, 3.05) is 13.2 Å². The Kier molecular flexibility index (Phi) is 5.80. The second-order valence-electron chi connectivity index (χ2n) is 7.51. The first-order valence-corrected chi connectivity index (χ1v) is 10.1. The number of amidine groups is 1. The van der Waals surface area contributed by atoms with Crippen LogP contribution in [0, 0.1) is 5.41 Å². The molecule has 0 aromatic heterocycles. The van der Waals surface area contributed by atoms with Crippen LogP contribution >= 0.6 is 0 Å². The summed E-state index contributed by atoms with van der Waals surface area (Å²) in [6, 6.07) is 23.7. The molecule has 1 unspecified atom stereocenters. The molecule has 0 bridgehead atoms. The van der Waals surface area contributed by atoms with E-state index in [4.69, 9.17) is 15.9 Å². The summed E-state index contributed by atoms with van der Waals surface area (Å²) in [5, 5.41) is 10.7. The Morgan fingerprint density at radius 3 is 2.63 bits per heavy atom. The number of nitrogen functional groups attached to an aromatic ring is 1. The molecular weight excluding hydrogens is 374 g/mol. The van der Waals surface area contributed by atoms with Crippen molar-refractivity contribution in [2.24, 2.45) is 5.73 Å². The molecule has 5 heteroatoms. The maximum absolute atomic E-state index is 12.6. The average Bonchev–Trinajstić information content (AvgIpc) is 3.17. The highest BCUT2D eigenvalue weighted by atomic mass is 16.5. The van der Waals surface area contributed by atoms with Gasteiger partial charge in [0.05, 0.1) is 13.0 Å². The predicted molar refractivity (Wildman–Crippen MR) is 119 cm³/mol. The van der Waals surface area contributed by atoms with Crippen LogP contribution in [-0.2, 0) is 11.2 Å². The molecule has 1 aliphatic heterocycles. The zero-order valence-corrected chi connectivity index (χ0v) is 16.7. The summed E-state index contributed by atoms with van der Waals surface area (Å²) in [5.41, 5.74) is 10.6. The van der Waals surface area contributed by atoms with Crippen LogP contribution in [0.5, 0.6) is 5.75 Å². The third-order valence-electron chi connectivity index (χ3n) is 5.47. The van der Waals surface area contributed by atoms with Gasteiger partial charge in [0.15, 0.2) is 0 Å². The van der Waals surface area contributed by atoms with Crippen LogP contribution in [0.25, 0.3) is 11.1 Å². The summed E-state index contributed by atoms with van der Waals surface area (Å²) in [6.07, 6.45) is 1.12. The predicted octanol–water partition coefficient (Wildman–Crippen LogP) is 3.86. The summed E-state index contributed by atoms with van der Waals surface area (Å²) >= 11 is 0. The Balaban J connectivity index is 1.36.